The van der Waals surface area contributed by atoms with Gasteiger partial charge in [0.1, 0.15) is 5.75 Å². The van der Waals surface area contributed by atoms with Gasteiger partial charge in [-0.05, 0) is 55.7 Å². The molecule has 0 atom stereocenters. The third kappa shape index (κ3) is 2.89. The van der Waals surface area contributed by atoms with Crippen molar-refractivity contribution in [2.75, 3.05) is 18.0 Å². The van der Waals surface area contributed by atoms with E-state index in [1.54, 1.807) is 31.4 Å². The number of hydrogen-bond donors (Lipinski definition) is 0. The van der Waals surface area contributed by atoms with Gasteiger partial charge in [-0.25, -0.2) is 8.42 Å². The van der Waals surface area contributed by atoms with Crippen LogP contribution in [-0.4, -0.2) is 27.9 Å². The minimum Gasteiger partial charge on any atom is -0.497 e. The summed E-state index contributed by atoms with van der Waals surface area (Å²) >= 11 is 0. The van der Waals surface area contributed by atoms with E-state index in [0.717, 1.165) is 24.2 Å². The fourth-order valence-corrected chi connectivity index (χ4v) is 4.45. The highest BCUT2D eigenvalue weighted by Crippen LogP contribution is 2.34. The summed E-state index contributed by atoms with van der Waals surface area (Å²) in [6.07, 6.45) is 1.58. The van der Waals surface area contributed by atoms with Crippen LogP contribution in [0.2, 0.25) is 0 Å². The van der Waals surface area contributed by atoms with E-state index in [2.05, 4.69) is 0 Å². The van der Waals surface area contributed by atoms with Gasteiger partial charge in [-0.15, -0.1) is 0 Å². The number of sulfonamides is 1. The highest BCUT2D eigenvalue weighted by atomic mass is 32.2. The van der Waals surface area contributed by atoms with Crippen LogP contribution < -0.4 is 9.04 Å². The van der Waals surface area contributed by atoms with Gasteiger partial charge in [0.25, 0.3) is 10.0 Å². The lowest BCUT2D eigenvalue weighted by atomic mass is 10.0. The maximum atomic E-state index is 13.0. The van der Waals surface area contributed by atoms with Gasteiger partial charge in [0.2, 0.25) is 0 Å². The van der Waals surface area contributed by atoms with Crippen molar-refractivity contribution in [1.82, 2.24) is 0 Å². The van der Waals surface area contributed by atoms with E-state index in [-0.39, 0.29) is 10.7 Å². The van der Waals surface area contributed by atoms with Crippen molar-refractivity contribution in [1.29, 1.82) is 0 Å². The first-order valence-corrected chi connectivity index (χ1v) is 9.18. The first-order chi connectivity index (χ1) is 11.4. The first-order valence-electron chi connectivity index (χ1n) is 7.74. The molecular weight excluding hydrogens is 326 g/mol. The average molecular weight is 345 g/mol. The van der Waals surface area contributed by atoms with Crippen molar-refractivity contribution in [3.05, 3.63) is 53.6 Å². The smallest absolute Gasteiger partial charge is 0.264 e. The highest BCUT2D eigenvalue weighted by Gasteiger charge is 2.29. The van der Waals surface area contributed by atoms with Crippen LogP contribution in [0.25, 0.3) is 0 Å². The average Bonchev–Trinajstić information content (AvgIpc) is 2.60. The molecule has 1 aliphatic rings. The standard InChI is InChI=1S/C18H19NO4S/c1-13(20)14-5-8-17(9-6-14)24(21,22)19-11-3-4-15-12-16(23-2)7-10-18(15)19/h5-10,12H,3-4,11H2,1-2H3. The van der Waals surface area contributed by atoms with Crippen LogP contribution in [0, 0.1) is 0 Å². The minimum atomic E-state index is -3.66. The van der Waals surface area contributed by atoms with Crippen molar-refractivity contribution < 1.29 is 17.9 Å². The Kier molecular flexibility index (Phi) is 4.32. The molecule has 24 heavy (non-hydrogen) atoms. The molecular formula is C18H19NO4S. The van der Waals surface area contributed by atoms with E-state index in [1.807, 2.05) is 6.07 Å². The first kappa shape index (κ1) is 16.5. The lowest BCUT2D eigenvalue weighted by Crippen LogP contribution is -2.35. The number of ether oxygens (including phenoxy) is 1. The Hall–Kier alpha value is -2.34. The quantitative estimate of drug-likeness (QED) is 0.799. The number of Topliss-reactive ketones (excluding diaryl/α,β-unsaturated/α-hetero) is 1. The number of ketones is 1. The fourth-order valence-electron chi connectivity index (χ4n) is 2.90. The number of fused-ring (bicyclic) bond motifs is 1. The monoisotopic (exact) mass is 345 g/mol. The van der Waals surface area contributed by atoms with E-state index >= 15 is 0 Å². The third-order valence-electron chi connectivity index (χ3n) is 4.21. The molecule has 126 valence electrons. The molecule has 0 radical (unpaired) electrons. The Labute approximate surface area is 141 Å². The molecule has 6 heteroatoms. The SMILES string of the molecule is COc1ccc2c(c1)CCCN2S(=O)(=O)c1ccc(C(C)=O)cc1. The lowest BCUT2D eigenvalue weighted by Gasteiger charge is -2.30. The largest absolute Gasteiger partial charge is 0.497 e. The van der Waals surface area contributed by atoms with Crippen molar-refractivity contribution in [3.8, 4) is 5.75 Å². The summed E-state index contributed by atoms with van der Waals surface area (Å²) in [6.45, 7) is 1.90. The second-order valence-electron chi connectivity index (χ2n) is 5.76. The van der Waals surface area contributed by atoms with Crippen molar-refractivity contribution in [2.45, 2.75) is 24.7 Å². The second kappa shape index (κ2) is 6.28. The summed E-state index contributed by atoms with van der Waals surface area (Å²) in [6, 6.07) is 11.5. The molecule has 0 saturated carbocycles. The minimum absolute atomic E-state index is 0.0886. The molecule has 0 unspecified atom stereocenters. The molecule has 0 bridgehead atoms. The maximum absolute atomic E-state index is 13.0. The Bertz CT molecular complexity index is 872. The molecule has 0 aromatic heterocycles. The number of nitrogens with zero attached hydrogens (tertiary/aromatic N) is 1. The van der Waals surface area contributed by atoms with Crippen LogP contribution in [0.5, 0.6) is 5.75 Å². The van der Waals surface area contributed by atoms with Crippen LogP contribution in [0.4, 0.5) is 5.69 Å². The molecule has 0 fully saturated rings. The fraction of sp³-hybridized carbons (Fsp3) is 0.278. The van der Waals surface area contributed by atoms with E-state index in [1.165, 1.54) is 23.4 Å². The molecule has 0 saturated heterocycles. The summed E-state index contributed by atoms with van der Waals surface area (Å²) in [5, 5.41) is 0. The third-order valence-corrected chi connectivity index (χ3v) is 6.04. The Morgan fingerprint density at radius 1 is 1.12 bits per heavy atom. The molecule has 2 aromatic rings. The van der Waals surface area contributed by atoms with Gasteiger partial charge in [0.05, 0.1) is 17.7 Å². The van der Waals surface area contributed by atoms with E-state index in [4.69, 9.17) is 4.74 Å². The van der Waals surface area contributed by atoms with Gasteiger partial charge in [0.15, 0.2) is 5.78 Å². The van der Waals surface area contributed by atoms with Crippen LogP contribution in [0.1, 0.15) is 29.3 Å². The lowest BCUT2D eigenvalue weighted by molar-refractivity contribution is 0.101. The Morgan fingerprint density at radius 2 is 1.83 bits per heavy atom. The highest BCUT2D eigenvalue weighted by molar-refractivity contribution is 7.92. The van der Waals surface area contributed by atoms with Crippen LogP contribution in [0.3, 0.4) is 0 Å². The van der Waals surface area contributed by atoms with Crippen molar-refractivity contribution in [3.63, 3.8) is 0 Å². The molecule has 3 rings (SSSR count). The summed E-state index contributed by atoms with van der Waals surface area (Å²) in [5.74, 6) is 0.633. The second-order valence-corrected chi connectivity index (χ2v) is 7.62. The van der Waals surface area contributed by atoms with Gasteiger partial charge in [0, 0.05) is 12.1 Å². The molecule has 0 spiro atoms. The van der Waals surface area contributed by atoms with Gasteiger partial charge in [-0.1, -0.05) is 12.1 Å². The number of methoxy groups -OCH3 is 1. The topological polar surface area (TPSA) is 63.7 Å². The molecule has 1 heterocycles. The number of carbonyl (C=O) groups is 1. The molecule has 2 aromatic carbocycles. The van der Waals surface area contributed by atoms with Gasteiger partial charge < -0.3 is 4.74 Å². The summed E-state index contributed by atoms with van der Waals surface area (Å²) in [7, 11) is -2.06. The number of rotatable bonds is 4. The summed E-state index contributed by atoms with van der Waals surface area (Å²) < 4.78 is 32.7. The molecule has 0 N–H and O–H groups in total. The van der Waals surface area contributed by atoms with Crippen molar-refractivity contribution >= 4 is 21.5 Å². The summed E-state index contributed by atoms with van der Waals surface area (Å²) in [4.78, 5) is 11.6. The Morgan fingerprint density at radius 3 is 2.46 bits per heavy atom. The molecule has 1 aliphatic heterocycles. The predicted octanol–water partition coefficient (Wildman–Crippen LogP) is 3.04. The number of benzene rings is 2. The van der Waals surface area contributed by atoms with Crippen LogP contribution >= 0.6 is 0 Å². The zero-order valence-corrected chi connectivity index (χ0v) is 14.5. The predicted molar refractivity (Wildman–Crippen MR) is 92.3 cm³/mol. The Balaban J connectivity index is 2.01. The van der Waals surface area contributed by atoms with Gasteiger partial charge >= 0.3 is 0 Å². The van der Waals surface area contributed by atoms with E-state index in [0.29, 0.717) is 17.8 Å². The molecule has 5 nitrogen and oxygen atoms in total. The number of carbonyl (C=O) groups excluding carboxylic acids is 1. The number of aryl methyl sites for hydroxylation is 1. The van der Waals surface area contributed by atoms with Gasteiger partial charge in [-0.3, -0.25) is 9.10 Å². The van der Waals surface area contributed by atoms with Crippen molar-refractivity contribution in [2.24, 2.45) is 0 Å². The van der Waals surface area contributed by atoms with E-state index < -0.39 is 10.0 Å². The maximum Gasteiger partial charge on any atom is 0.264 e. The molecule has 0 amide bonds. The number of hydrogen-bond acceptors (Lipinski definition) is 4. The molecule has 0 aliphatic carbocycles. The number of anilines is 1. The van der Waals surface area contributed by atoms with Crippen LogP contribution in [0.15, 0.2) is 47.4 Å². The summed E-state index contributed by atoms with van der Waals surface area (Å²) in [5.41, 5.74) is 2.15. The van der Waals surface area contributed by atoms with E-state index in [9.17, 15) is 13.2 Å². The zero-order chi connectivity index (χ0) is 17.3. The van der Waals surface area contributed by atoms with Crippen LogP contribution in [-0.2, 0) is 16.4 Å². The zero-order valence-electron chi connectivity index (χ0n) is 13.7. The normalized spacial score (nSPS) is 14.2. The van der Waals surface area contributed by atoms with Gasteiger partial charge in [-0.2, -0.15) is 0 Å².